The Hall–Kier alpha value is 0.540. The van der Waals surface area contributed by atoms with E-state index in [1.54, 1.807) is 0 Å². The Morgan fingerprint density at radius 1 is 1.45 bits per heavy atom. The fourth-order valence-electron chi connectivity index (χ4n) is 0.447. The molecule has 0 atom stereocenters. The van der Waals surface area contributed by atoms with Gasteiger partial charge in [-0.05, 0) is 37.9 Å². The van der Waals surface area contributed by atoms with Crippen molar-refractivity contribution in [1.29, 1.82) is 0 Å². The first-order chi connectivity index (χ1) is 4.91. The van der Waals surface area contributed by atoms with Crippen LogP contribution in [0.5, 0.6) is 0 Å². The first-order valence-electron chi connectivity index (χ1n) is 2.31. The summed E-state index contributed by atoms with van der Waals surface area (Å²) < 4.78 is 33.7. The van der Waals surface area contributed by atoms with Crippen molar-refractivity contribution in [2.45, 2.75) is 4.21 Å². The van der Waals surface area contributed by atoms with Crippen molar-refractivity contribution < 1.29 is 12.3 Å². The highest BCUT2D eigenvalue weighted by Crippen LogP contribution is 2.35. The van der Waals surface area contributed by atoms with Gasteiger partial charge in [0, 0.05) is 4.47 Å². The lowest BCUT2D eigenvalue weighted by Crippen LogP contribution is -1.85. The average Bonchev–Trinajstić information content (AvgIpc) is 2.11. The monoisotopic (exact) mass is 322 g/mol. The Balaban J connectivity index is 3.29. The Bertz CT molecular complexity index is 350. The van der Waals surface area contributed by atoms with Crippen LogP contribution in [0.25, 0.3) is 0 Å². The zero-order chi connectivity index (χ0) is 8.65. The molecule has 1 rings (SSSR count). The third-order valence-electron chi connectivity index (χ3n) is 0.863. The second kappa shape index (κ2) is 3.12. The maximum atomic E-state index is 12.3. The number of halogens is 3. The lowest BCUT2D eigenvalue weighted by atomic mass is 10.7. The number of thiophene rings is 1. The first kappa shape index (κ1) is 9.63. The molecule has 0 spiro atoms. The molecule has 0 radical (unpaired) electrons. The molecule has 11 heavy (non-hydrogen) atoms. The summed E-state index contributed by atoms with van der Waals surface area (Å²) in [6.07, 6.45) is 0. The molecule has 0 saturated carbocycles. The van der Waals surface area contributed by atoms with Crippen molar-refractivity contribution in [2.24, 2.45) is 0 Å². The van der Waals surface area contributed by atoms with Crippen LogP contribution in [-0.2, 0) is 10.2 Å². The van der Waals surface area contributed by atoms with E-state index in [0.717, 1.165) is 11.3 Å². The summed E-state index contributed by atoms with van der Waals surface area (Å²) in [5, 5.41) is 0. The van der Waals surface area contributed by atoms with Gasteiger partial charge in [-0.25, -0.2) is 0 Å². The normalized spacial score (nSPS) is 11.9. The lowest BCUT2D eigenvalue weighted by Gasteiger charge is -1.81. The van der Waals surface area contributed by atoms with Gasteiger partial charge in [-0.1, -0.05) is 3.89 Å². The van der Waals surface area contributed by atoms with Crippen molar-refractivity contribution in [1.82, 2.24) is 0 Å². The highest BCUT2D eigenvalue weighted by molar-refractivity contribution is 9.13. The Kier molecular flexibility index (Phi) is 2.73. The molecule has 0 fully saturated rings. The maximum Gasteiger partial charge on any atom is 0.341 e. The van der Waals surface area contributed by atoms with Crippen molar-refractivity contribution in [3.8, 4) is 0 Å². The molecule has 0 unspecified atom stereocenters. The van der Waals surface area contributed by atoms with Crippen LogP contribution >= 0.6 is 43.2 Å². The first-order valence-corrected chi connectivity index (χ1v) is 6.09. The van der Waals surface area contributed by atoms with Crippen LogP contribution in [0.2, 0.25) is 0 Å². The van der Waals surface area contributed by atoms with Gasteiger partial charge in [-0.15, -0.1) is 11.3 Å². The van der Waals surface area contributed by atoms with E-state index in [0.29, 0.717) is 8.26 Å². The van der Waals surface area contributed by atoms with Crippen LogP contribution in [0, 0.1) is 0 Å². The zero-order valence-electron chi connectivity index (χ0n) is 4.84. The number of hydrogen-bond donors (Lipinski definition) is 0. The molecule has 0 bridgehead atoms. The second-order valence-electron chi connectivity index (χ2n) is 1.62. The van der Waals surface area contributed by atoms with Crippen molar-refractivity contribution in [3.05, 3.63) is 14.3 Å². The number of rotatable bonds is 1. The molecule has 0 aliphatic heterocycles. The Morgan fingerprint density at radius 3 is 2.18 bits per heavy atom. The van der Waals surface area contributed by atoms with E-state index in [9.17, 15) is 12.3 Å². The molecule has 0 N–H and O–H groups in total. The van der Waals surface area contributed by atoms with Gasteiger partial charge in [0.1, 0.15) is 0 Å². The van der Waals surface area contributed by atoms with Crippen LogP contribution in [0.1, 0.15) is 0 Å². The summed E-state index contributed by atoms with van der Waals surface area (Å²) in [4.78, 5) is 0. The van der Waals surface area contributed by atoms with Gasteiger partial charge >= 0.3 is 10.2 Å². The third kappa shape index (κ3) is 2.24. The maximum absolute atomic E-state index is 12.3. The van der Waals surface area contributed by atoms with Crippen molar-refractivity contribution >= 4 is 53.4 Å². The third-order valence-corrected chi connectivity index (χ3v) is 5.36. The Morgan fingerprint density at radius 2 is 2.00 bits per heavy atom. The van der Waals surface area contributed by atoms with Crippen molar-refractivity contribution in [2.75, 3.05) is 0 Å². The van der Waals surface area contributed by atoms with Crippen LogP contribution in [0.4, 0.5) is 3.89 Å². The highest BCUT2D eigenvalue weighted by atomic mass is 79.9. The minimum absolute atomic E-state index is 0.295. The summed E-state index contributed by atoms with van der Waals surface area (Å²) in [6.45, 7) is 0. The molecule has 0 aliphatic rings. The van der Waals surface area contributed by atoms with Crippen LogP contribution in [0.15, 0.2) is 18.5 Å². The highest BCUT2D eigenvalue weighted by Gasteiger charge is 2.16. The summed E-state index contributed by atoms with van der Waals surface area (Å²) in [6, 6.07) is 1.21. The smallest absolute Gasteiger partial charge is 0.188 e. The average molecular weight is 324 g/mol. The number of hydrogen-bond acceptors (Lipinski definition) is 3. The van der Waals surface area contributed by atoms with E-state index in [4.69, 9.17) is 0 Å². The van der Waals surface area contributed by atoms with Crippen molar-refractivity contribution in [3.63, 3.8) is 0 Å². The summed E-state index contributed by atoms with van der Waals surface area (Å²) in [5.74, 6) is 0. The molecule has 1 aromatic rings. The summed E-state index contributed by atoms with van der Waals surface area (Å²) >= 11 is 6.92. The zero-order valence-corrected chi connectivity index (χ0v) is 9.65. The standard InChI is InChI=1S/C4HBr2FO2S2/c5-2-1-3(10-4(2)6)11(7,8)9/h1H. The molecule has 2 nitrogen and oxygen atoms in total. The van der Waals surface area contributed by atoms with Crippen LogP contribution in [-0.4, -0.2) is 8.42 Å². The molecule has 1 heterocycles. The predicted octanol–water partition coefficient (Wildman–Crippen LogP) is 2.93. The largest absolute Gasteiger partial charge is 0.341 e. The SMILES string of the molecule is O=S(=O)(F)c1cc(Br)c(Br)s1. The molecule has 0 aliphatic carbocycles. The molecule has 1 aromatic heterocycles. The van der Waals surface area contributed by atoms with E-state index in [-0.39, 0.29) is 4.21 Å². The van der Waals surface area contributed by atoms with Gasteiger partial charge in [-0.2, -0.15) is 8.42 Å². The minimum Gasteiger partial charge on any atom is -0.188 e. The molecule has 0 saturated heterocycles. The van der Waals surface area contributed by atoms with Crippen LogP contribution in [0.3, 0.4) is 0 Å². The fourth-order valence-corrected chi connectivity index (χ4v) is 3.60. The predicted molar refractivity (Wildman–Crippen MR) is 48.0 cm³/mol. The van der Waals surface area contributed by atoms with Gasteiger partial charge in [-0.3, -0.25) is 0 Å². The van der Waals surface area contributed by atoms with Gasteiger partial charge in [0.05, 0.1) is 3.79 Å². The summed E-state index contributed by atoms with van der Waals surface area (Å²) in [5.41, 5.74) is 0. The lowest BCUT2D eigenvalue weighted by molar-refractivity contribution is 0.554. The fraction of sp³-hybridized carbons (Fsp3) is 0. The minimum atomic E-state index is -4.55. The van der Waals surface area contributed by atoms with E-state index in [2.05, 4.69) is 31.9 Å². The quantitative estimate of drug-likeness (QED) is 0.745. The molecule has 0 aromatic carbocycles. The van der Waals surface area contributed by atoms with Gasteiger partial charge in [0.25, 0.3) is 0 Å². The Labute approximate surface area is 83.9 Å². The molecule has 7 heteroatoms. The topological polar surface area (TPSA) is 34.1 Å². The van der Waals surface area contributed by atoms with Gasteiger partial charge in [0.15, 0.2) is 4.21 Å². The van der Waals surface area contributed by atoms with E-state index in [1.165, 1.54) is 6.07 Å². The van der Waals surface area contributed by atoms with Gasteiger partial charge in [0.2, 0.25) is 0 Å². The van der Waals surface area contributed by atoms with Gasteiger partial charge < -0.3 is 0 Å². The second-order valence-corrected chi connectivity index (χ2v) is 6.42. The van der Waals surface area contributed by atoms with E-state index >= 15 is 0 Å². The molecule has 0 amide bonds. The molecular weight excluding hydrogens is 323 g/mol. The molecular formula is C4HBr2FO2S2. The molecule has 62 valence electrons. The van der Waals surface area contributed by atoms with E-state index < -0.39 is 10.2 Å². The summed E-state index contributed by atoms with van der Waals surface area (Å²) in [7, 11) is -4.55. The van der Waals surface area contributed by atoms with E-state index in [1.807, 2.05) is 0 Å². The van der Waals surface area contributed by atoms with Crippen LogP contribution < -0.4 is 0 Å².